The Balaban J connectivity index is 1.70. The second kappa shape index (κ2) is 7.28. The number of hydrogen-bond donors (Lipinski definition) is 2. The molecule has 21 heavy (non-hydrogen) atoms. The number of carbonyl (C=O) groups is 1. The molecule has 0 aliphatic rings. The number of pyridine rings is 1. The first kappa shape index (κ1) is 14.8. The van der Waals surface area contributed by atoms with E-state index in [1.165, 1.54) is 0 Å². The maximum Gasteiger partial charge on any atom is 0.223 e. The number of ether oxygens (including phenoxy) is 1. The largest absolute Gasteiger partial charge is 0.493 e. The van der Waals surface area contributed by atoms with Gasteiger partial charge in [-0.1, -0.05) is 0 Å². The standard InChI is InChI=1S/C16H19N3O2/c1-12-10-18-8-6-13(12)11-19-16(20)7-9-21-15-4-2-14(17)3-5-15/h2-6,8,10H,7,9,11,17H2,1H3,(H,19,20). The van der Waals surface area contributed by atoms with Crippen molar-refractivity contribution in [3.05, 3.63) is 53.9 Å². The SMILES string of the molecule is Cc1cnccc1CNC(=O)CCOc1ccc(N)cc1. The van der Waals surface area contributed by atoms with Crippen LogP contribution in [0.2, 0.25) is 0 Å². The molecule has 0 saturated carbocycles. The second-order valence-corrected chi connectivity index (χ2v) is 4.75. The third kappa shape index (κ3) is 4.80. The van der Waals surface area contributed by atoms with Gasteiger partial charge in [-0.05, 0) is 48.4 Å². The fraction of sp³-hybridized carbons (Fsp3) is 0.250. The van der Waals surface area contributed by atoms with Crippen LogP contribution in [0, 0.1) is 6.92 Å². The molecule has 2 rings (SSSR count). The molecule has 5 heteroatoms. The Hall–Kier alpha value is -2.56. The van der Waals surface area contributed by atoms with Crippen molar-refractivity contribution in [1.29, 1.82) is 0 Å². The molecule has 5 nitrogen and oxygen atoms in total. The van der Waals surface area contributed by atoms with Gasteiger partial charge < -0.3 is 15.8 Å². The van der Waals surface area contributed by atoms with Crippen molar-refractivity contribution >= 4 is 11.6 Å². The smallest absolute Gasteiger partial charge is 0.223 e. The molecule has 0 aliphatic carbocycles. The van der Waals surface area contributed by atoms with E-state index in [2.05, 4.69) is 10.3 Å². The fourth-order valence-electron chi connectivity index (χ4n) is 1.81. The number of aryl methyl sites for hydroxylation is 1. The Kier molecular flexibility index (Phi) is 5.15. The van der Waals surface area contributed by atoms with Crippen molar-refractivity contribution in [1.82, 2.24) is 10.3 Å². The van der Waals surface area contributed by atoms with E-state index < -0.39 is 0 Å². The molecule has 0 fully saturated rings. The van der Waals surface area contributed by atoms with E-state index >= 15 is 0 Å². The Morgan fingerprint density at radius 1 is 1.29 bits per heavy atom. The predicted octanol–water partition coefficient (Wildman–Crippen LogP) is 2.06. The Labute approximate surface area is 124 Å². The van der Waals surface area contributed by atoms with Crippen LogP contribution in [0.15, 0.2) is 42.7 Å². The number of hydrogen-bond acceptors (Lipinski definition) is 4. The molecular weight excluding hydrogens is 266 g/mol. The summed E-state index contributed by atoms with van der Waals surface area (Å²) in [6.07, 6.45) is 3.82. The lowest BCUT2D eigenvalue weighted by Crippen LogP contribution is -2.24. The number of amides is 1. The highest BCUT2D eigenvalue weighted by molar-refractivity contribution is 5.76. The quantitative estimate of drug-likeness (QED) is 0.796. The topological polar surface area (TPSA) is 77.2 Å². The fourth-order valence-corrected chi connectivity index (χ4v) is 1.81. The molecule has 0 bridgehead atoms. The van der Waals surface area contributed by atoms with Gasteiger partial charge in [0.15, 0.2) is 0 Å². The summed E-state index contributed by atoms with van der Waals surface area (Å²) in [5.41, 5.74) is 8.41. The lowest BCUT2D eigenvalue weighted by molar-refractivity contribution is -0.121. The average Bonchev–Trinajstić information content (AvgIpc) is 2.48. The number of rotatable bonds is 6. The molecule has 1 aromatic heterocycles. The van der Waals surface area contributed by atoms with E-state index in [-0.39, 0.29) is 5.91 Å². The highest BCUT2D eigenvalue weighted by Crippen LogP contribution is 2.13. The Bertz CT molecular complexity index is 597. The van der Waals surface area contributed by atoms with Crippen LogP contribution < -0.4 is 15.8 Å². The summed E-state index contributed by atoms with van der Waals surface area (Å²) < 4.78 is 5.48. The van der Waals surface area contributed by atoms with Crippen LogP contribution in [0.5, 0.6) is 5.75 Å². The number of benzene rings is 1. The van der Waals surface area contributed by atoms with Crippen LogP contribution in [0.25, 0.3) is 0 Å². The summed E-state index contributed by atoms with van der Waals surface area (Å²) in [6.45, 7) is 2.82. The molecule has 0 radical (unpaired) electrons. The van der Waals surface area contributed by atoms with Crippen molar-refractivity contribution in [3.8, 4) is 5.75 Å². The Morgan fingerprint density at radius 3 is 2.76 bits per heavy atom. The van der Waals surface area contributed by atoms with Crippen molar-refractivity contribution in [2.24, 2.45) is 0 Å². The molecule has 0 aliphatic heterocycles. The highest BCUT2D eigenvalue weighted by atomic mass is 16.5. The van der Waals surface area contributed by atoms with E-state index in [0.717, 1.165) is 11.1 Å². The second-order valence-electron chi connectivity index (χ2n) is 4.75. The summed E-state index contributed by atoms with van der Waals surface area (Å²) in [7, 11) is 0. The van der Waals surface area contributed by atoms with Crippen LogP contribution in [-0.2, 0) is 11.3 Å². The van der Waals surface area contributed by atoms with Gasteiger partial charge in [0.25, 0.3) is 0 Å². The molecule has 1 amide bonds. The minimum absolute atomic E-state index is 0.0401. The number of anilines is 1. The average molecular weight is 285 g/mol. The van der Waals surface area contributed by atoms with Gasteiger partial charge in [-0.2, -0.15) is 0 Å². The zero-order chi connectivity index (χ0) is 15.1. The summed E-state index contributed by atoms with van der Waals surface area (Å²) in [4.78, 5) is 15.8. The van der Waals surface area contributed by atoms with Crippen LogP contribution in [0.3, 0.4) is 0 Å². The van der Waals surface area contributed by atoms with Gasteiger partial charge in [-0.15, -0.1) is 0 Å². The van der Waals surface area contributed by atoms with Crippen LogP contribution in [0.1, 0.15) is 17.5 Å². The maximum atomic E-state index is 11.7. The third-order valence-electron chi connectivity index (χ3n) is 3.09. The lowest BCUT2D eigenvalue weighted by Gasteiger charge is -2.09. The molecule has 1 heterocycles. The van der Waals surface area contributed by atoms with Crippen molar-refractivity contribution in [3.63, 3.8) is 0 Å². The molecule has 3 N–H and O–H groups in total. The highest BCUT2D eigenvalue weighted by Gasteiger charge is 2.03. The zero-order valence-electron chi connectivity index (χ0n) is 12.0. The zero-order valence-corrected chi connectivity index (χ0v) is 12.0. The minimum atomic E-state index is -0.0401. The molecule has 0 saturated heterocycles. The van der Waals surface area contributed by atoms with Gasteiger partial charge in [0, 0.05) is 24.6 Å². The van der Waals surface area contributed by atoms with Gasteiger partial charge in [0.1, 0.15) is 5.75 Å². The van der Waals surface area contributed by atoms with Gasteiger partial charge in [-0.25, -0.2) is 0 Å². The summed E-state index contributed by atoms with van der Waals surface area (Å²) >= 11 is 0. The third-order valence-corrected chi connectivity index (χ3v) is 3.09. The van der Waals surface area contributed by atoms with Gasteiger partial charge >= 0.3 is 0 Å². The number of nitrogen functional groups attached to an aromatic ring is 1. The van der Waals surface area contributed by atoms with Crippen molar-refractivity contribution < 1.29 is 9.53 Å². The number of nitrogens with one attached hydrogen (secondary N) is 1. The maximum absolute atomic E-state index is 11.7. The van der Waals surface area contributed by atoms with Crippen LogP contribution >= 0.6 is 0 Å². The van der Waals surface area contributed by atoms with Gasteiger partial charge in [-0.3, -0.25) is 9.78 Å². The minimum Gasteiger partial charge on any atom is -0.493 e. The number of nitrogens with zero attached hydrogens (tertiary/aromatic N) is 1. The lowest BCUT2D eigenvalue weighted by atomic mass is 10.1. The first-order valence-electron chi connectivity index (χ1n) is 6.79. The number of aromatic nitrogens is 1. The Morgan fingerprint density at radius 2 is 2.05 bits per heavy atom. The normalized spacial score (nSPS) is 10.1. The van der Waals surface area contributed by atoms with E-state index in [9.17, 15) is 4.79 Å². The molecule has 0 spiro atoms. The van der Waals surface area contributed by atoms with E-state index in [4.69, 9.17) is 10.5 Å². The van der Waals surface area contributed by atoms with E-state index in [1.54, 1.807) is 36.7 Å². The predicted molar refractivity (Wildman–Crippen MR) is 81.8 cm³/mol. The molecule has 2 aromatic rings. The number of carbonyl (C=O) groups excluding carboxylic acids is 1. The molecule has 110 valence electrons. The van der Waals surface area contributed by atoms with Crippen molar-refractivity contribution in [2.45, 2.75) is 19.9 Å². The monoisotopic (exact) mass is 285 g/mol. The van der Waals surface area contributed by atoms with Crippen molar-refractivity contribution in [2.75, 3.05) is 12.3 Å². The first-order chi connectivity index (χ1) is 10.1. The first-order valence-corrected chi connectivity index (χ1v) is 6.79. The molecule has 0 atom stereocenters. The molecule has 1 aromatic carbocycles. The number of nitrogens with two attached hydrogens (primary N) is 1. The van der Waals surface area contributed by atoms with Gasteiger partial charge in [0.05, 0.1) is 13.0 Å². The van der Waals surface area contributed by atoms with E-state index in [0.29, 0.717) is 31.0 Å². The summed E-state index contributed by atoms with van der Waals surface area (Å²) in [6, 6.07) is 9.00. The summed E-state index contributed by atoms with van der Waals surface area (Å²) in [5, 5.41) is 2.87. The van der Waals surface area contributed by atoms with Crippen LogP contribution in [-0.4, -0.2) is 17.5 Å². The van der Waals surface area contributed by atoms with Crippen LogP contribution in [0.4, 0.5) is 5.69 Å². The molecular formula is C16H19N3O2. The summed E-state index contributed by atoms with van der Waals surface area (Å²) in [5.74, 6) is 0.670. The van der Waals surface area contributed by atoms with Gasteiger partial charge in [0.2, 0.25) is 5.91 Å². The molecule has 0 unspecified atom stereocenters. The van der Waals surface area contributed by atoms with E-state index in [1.807, 2.05) is 13.0 Å².